The third-order valence-electron chi connectivity index (χ3n) is 2.36. The molecule has 0 aliphatic rings. The average molecular weight is 280 g/mol. The van der Waals surface area contributed by atoms with Crippen LogP contribution in [0, 0.1) is 0 Å². The van der Waals surface area contributed by atoms with E-state index in [0.717, 1.165) is 0 Å². The molecule has 4 N–H and O–H groups in total. The Kier molecular flexibility index (Phi) is 5.10. The molecule has 6 nitrogen and oxygen atoms in total. The lowest BCUT2D eigenvalue weighted by Crippen LogP contribution is -2.40. The molecule has 1 atom stereocenters. The van der Waals surface area contributed by atoms with Gasteiger partial charge in [0.15, 0.2) is 6.04 Å². The van der Waals surface area contributed by atoms with Crippen LogP contribution in [0.3, 0.4) is 0 Å². The van der Waals surface area contributed by atoms with E-state index >= 15 is 0 Å². The summed E-state index contributed by atoms with van der Waals surface area (Å²) in [6.07, 6.45) is 0. The summed E-state index contributed by atoms with van der Waals surface area (Å²) in [5.74, 6) is -0.972. The monoisotopic (exact) mass is 280 g/mol. The number of hydrogen-bond acceptors (Lipinski definition) is 5. The molecule has 110 valence electrons. The zero-order valence-electron chi connectivity index (χ0n) is 11.8. The van der Waals surface area contributed by atoms with Crippen molar-refractivity contribution in [1.82, 2.24) is 5.32 Å². The van der Waals surface area contributed by atoms with Crippen molar-refractivity contribution in [3.8, 4) is 5.75 Å². The first-order chi connectivity index (χ1) is 9.23. The number of amides is 1. The first-order valence-corrected chi connectivity index (χ1v) is 6.24. The minimum atomic E-state index is -0.953. The molecule has 1 aromatic carbocycles. The predicted octanol–water partition coefficient (Wildman–Crippen LogP) is 0.850. The third-order valence-corrected chi connectivity index (χ3v) is 2.36. The Hall–Kier alpha value is -2.08. The summed E-state index contributed by atoms with van der Waals surface area (Å²) < 4.78 is 5.27. The summed E-state index contributed by atoms with van der Waals surface area (Å²) in [6.45, 7) is 4.99. The molecule has 1 amide bonds. The molecule has 6 heteroatoms. The fourth-order valence-corrected chi connectivity index (χ4v) is 1.53. The van der Waals surface area contributed by atoms with Crippen molar-refractivity contribution < 1.29 is 19.4 Å². The number of carbonyl (C=O) groups excluding carboxylic acids is 2. The Balaban J connectivity index is 2.98. The Morgan fingerprint density at radius 2 is 1.85 bits per heavy atom. The second-order valence-corrected chi connectivity index (χ2v) is 5.33. The molecular formula is C14H20N2O4. The number of nitrogens with one attached hydrogen (secondary N) is 1. The topological polar surface area (TPSA) is 102 Å². The normalized spacial score (nSPS) is 12.6. The van der Waals surface area contributed by atoms with Crippen molar-refractivity contribution in [2.75, 3.05) is 6.54 Å². The number of nitrogens with two attached hydrogens (primary N) is 1. The number of aromatic hydroxyl groups is 1. The molecule has 0 radical (unpaired) electrons. The molecule has 0 fully saturated rings. The number of ether oxygens (including phenoxy) is 1. The van der Waals surface area contributed by atoms with Crippen LogP contribution < -0.4 is 11.1 Å². The molecule has 0 aliphatic heterocycles. The fourth-order valence-electron chi connectivity index (χ4n) is 1.53. The first-order valence-electron chi connectivity index (χ1n) is 6.24. The second kappa shape index (κ2) is 6.38. The van der Waals surface area contributed by atoms with Gasteiger partial charge in [-0.25, -0.2) is 4.79 Å². The van der Waals surface area contributed by atoms with Gasteiger partial charge in [0.05, 0.1) is 6.54 Å². The Morgan fingerprint density at radius 1 is 1.30 bits per heavy atom. The largest absolute Gasteiger partial charge is 0.508 e. The number of carbonyl (C=O) groups is 2. The van der Waals surface area contributed by atoms with E-state index in [2.05, 4.69) is 5.32 Å². The van der Waals surface area contributed by atoms with Gasteiger partial charge in [-0.2, -0.15) is 0 Å². The molecule has 0 aliphatic carbocycles. The maximum atomic E-state index is 12.2. The number of rotatable bonds is 4. The summed E-state index contributed by atoms with van der Waals surface area (Å²) in [5.41, 5.74) is 5.09. The summed E-state index contributed by atoms with van der Waals surface area (Å²) >= 11 is 0. The van der Waals surface area contributed by atoms with E-state index in [0.29, 0.717) is 5.56 Å². The lowest BCUT2D eigenvalue weighted by Gasteiger charge is -2.24. The van der Waals surface area contributed by atoms with E-state index in [9.17, 15) is 14.7 Å². The predicted molar refractivity (Wildman–Crippen MR) is 73.9 cm³/mol. The van der Waals surface area contributed by atoms with E-state index in [1.54, 1.807) is 32.9 Å². The van der Waals surface area contributed by atoms with Crippen LogP contribution in [0.15, 0.2) is 24.3 Å². The third kappa shape index (κ3) is 4.89. The SMILES string of the molecule is CC(C)(C)OC(=O)[C@H](NC(=O)CN)c1ccc(O)cc1. The Morgan fingerprint density at radius 3 is 2.30 bits per heavy atom. The molecule has 0 aromatic heterocycles. The zero-order chi connectivity index (χ0) is 15.3. The van der Waals surface area contributed by atoms with Gasteiger partial charge in [0, 0.05) is 0 Å². The van der Waals surface area contributed by atoms with Gasteiger partial charge < -0.3 is 20.9 Å². The molecule has 1 aromatic rings. The van der Waals surface area contributed by atoms with Crippen LogP contribution in [0.5, 0.6) is 5.75 Å². The first kappa shape index (κ1) is 16.0. The molecule has 0 spiro atoms. The molecule has 1 rings (SSSR count). The summed E-state index contributed by atoms with van der Waals surface area (Å²) in [7, 11) is 0. The van der Waals surface area contributed by atoms with E-state index in [1.807, 2.05) is 0 Å². The van der Waals surface area contributed by atoms with Crippen LogP contribution in [0.4, 0.5) is 0 Å². The lowest BCUT2D eigenvalue weighted by molar-refractivity contribution is -0.158. The molecule has 0 saturated carbocycles. The minimum Gasteiger partial charge on any atom is -0.508 e. The van der Waals surface area contributed by atoms with E-state index in [-0.39, 0.29) is 12.3 Å². The van der Waals surface area contributed by atoms with Crippen LogP contribution >= 0.6 is 0 Å². The zero-order valence-corrected chi connectivity index (χ0v) is 11.8. The number of hydrogen-bond donors (Lipinski definition) is 3. The standard InChI is InChI=1S/C14H20N2O4/c1-14(2,3)20-13(19)12(16-11(18)8-15)9-4-6-10(17)7-5-9/h4-7,12,17H,8,15H2,1-3H3,(H,16,18)/t12-/m1/s1. The van der Waals surface area contributed by atoms with E-state index < -0.39 is 23.5 Å². The molecule has 0 heterocycles. The lowest BCUT2D eigenvalue weighted by atomic mass is 10.1. The van der Waals surface area contributed by atoms with Crippen molar-refractivity contribution in [3.63, 3.8) is 0 Å². The van der Waals surface area contributed by atoms with Crippen LogP contribution in [-0.2, 0) is 14.3 Å². The minimum absolute atomic E-state index is 0.0711. The van der Waals surface area contributed by atoms with Crippen molar-refractivity contribution >= 4 is 11.9 Å². The number of phenolic OH excluding ortho intramolecular Hbond substituents is 1. The highest BCUT2D eigenvalue weighted by Crippen LogP contribution is 2.20. The smallest absolute Gasteiger partial charge is 0.333 e. The number of phenols is 1. The van der Waals surface area contributed by atoms with Gasteiger partial charge in [0.1, 0.15) is 11.4 Å². The van der Waals surface area contributed by atoms with Crippen LogP contribution in [-0.4, -0.2) is 29.1 Å². The fraction of sp³-hybridized carbons (Fsp3) is 0.429. The highest BCUT2D eigenvalue weighted by atomic mass is 16.6. The van der Waals surface area contributed by atoms with Crippen LogP contribution in [0.1, 0.15) is 32.4 Å². The average Bonchev–Trinajstić information content (AvgIpc) is 2.34. The van der Waals surface area contributed by atoms with Gasteiger partial charge in [-0.15, -0.1) is 0 Å². The van der Waals surface area contributed by atoms with Gasteiger partial charge in [-0.05, 0) is 38.5 Å². The van der Waals surface area contributed by atoms with Crippen molar-refractivity contribution in [2.45, 2.75) is 32.4 Å². The highest BCUT2D eigenvalue weighted by molar-refractivity contribution is 5.86. The maximum Gasteiger partial charge on any atom is 0.333 e. The summed E-state index contributed by atoms with van der Waals surface area (Å²) in [4.78, 5) is 23.6. The van der Waals surface area contributed by atoms with Gasteiger partial charge in [0.2, 0.25) is 5.91 Å². The van der Waals surface area contributed by atoms with Gasteiger partial charge in [0.25, 0.3) is 0 Å². The maximum absolute atomic E-state index is 12.2. The van der Waals surface area contributed by atoms with Crippen molar-refractivity contribution in [1.29, 1.82) is 0 Å². The second-order valence-electron chi connectivity index (χ2n) is 5.33. The van der Waals surface area contributed by atoms with E-state index in [4.69, 9.17) is 10.5 Å². The molecule has 0 unspecified atom stereocenters. The molecule has 0 bridgehead atoms. The van der Waals surface area contributed by atoms with Crippen molar-refractivity contribution in [3.05, 3.63) is 29.8 Å². The van der Waals surface area contributed by atoms with Crippen LogP contribution in [0.25, 0.3) is 0 Å². The molecule has 20 heavy (non-hydrogen) atoms. The molecular weight excluding hydrogens is 260 g/mol. The molecule has 0 saturated heterocycles. The van der Waals surface area contributed by atoms with Crippen LogP contribution in [0.2, 0.25) is 0 Å². The number of esters is 1. The van der Waals surface area contributed by atoms with E-state index in [1.165, 1.54) is 12.1 Å². The highest BCUT2D eigenvalue weighted by Gasteiger charge is 2.27. The Labute approximate surface area is 117 Å². The number of benzene rings is 1. The van der Waals surface area contributed by atoms with Gasteiger partial charge in [-0.1, -0.05) is 12.1 Å². The summed E-state index contributed by atoms with van der Waals surface area (Å²) in [5, 5.41) is 11.8. The quantitative estimate of drug-likeness (QED) is 0.710. The van der Waals surface area contributed by atoms with Crippen molar-refractivity contribution in [2.24, 2.45) is 5.73 Å². The Bertz CT molecular complexity index is 477. The van der Waals surface area contributed by atoms with Gasteiger partial charge in [-0.3, -0.25) is 4.79 Å². The van der Waals surface area contributed by atoms with Gasteiger partial charge >= 0.3 is 5.97 Å². The summed E-state index contributed by atoms with van der Waals surface area (Å²) in [6, 6.07) is 5.00.